The molecule has 1 saturated heterocycles. The van der Waals surface area contributed by atoms with Gasteiger partial charge in [0.05, 0.1) is 18.2 Å². The Morgan fingerprint density at radius 3 is 2.86 bits per heavy atom. The number of aliphatic hydroxyl groups is 1. The smallest absolute Gasteiger partial charge is 0.272 e. The quantitative estimate of drug-likeness (QED) is 0.613. The molecule has 0 spiro atoms. The lowest BCUT2D eigenvalue weighted by atomic mass is 10.1. The van der Waals surface area contributed by atoms with E-state index in [1.807, 2.05) is 42.5 Å². The van der Waals surface area contributed by atoms with Crippen LogP contribution < -0.4 is 5.32 Å². The summed E-state index contributed by atoms with van der Waals surface area (Å²) in [5.41, 5.74) is 3.39. The zero-order valence-electron chi connectivity index (χ0n) is 16.6. The molecule has 2 heterocycles. The molecule has 1 aromatic heterocycles. The van der Waals surface area contributed by atoms with E-state index in [9.17, 15) is 9.90 Å². The van der Waals surface area contributed by atoms with Gasteiger partial charge in [0.2, 0.25) is 0 Å². The lowest BCUT2D eigenvalue weighted by molar-refractivity contribution is 0.0920. The first kappa shape index (κ1) is 19.6. The molecule has 29 heavy (non-hydrogen) atoms. The largest absolute Gasteiger partial charge is 0.392 e. The summed E-state index contributed by atoms with van der Waals surface area (Å²) >= 11 is 0. The predicted octanol–water partition coefficient (Wildman–Crippen LogP) is 1.60. The molecule has 1 unspecified atom stereocenters. The molecule has 1 aliphatic rings. The van der Waals surface area contributed by atoms with Crippen LogP contribution in [0.1, 0.15) is 21.6 Å². The summed E-state index contributed by atoms with van der Waals surface area (Å²) in [5.74, 6) is -0.148. The van der Waals surface area contributed by atoms with Crippen molar-refractivity contribution in [3.63, 3.8) is 0 Å². The second-order valence-electron chi connectivity index (χ2n) is 7.76. The highest BCUT2D eigenvalue weighted by Crippen LogP contribution is 2.16. The van der Waals surface area contributed by atoms with Crippen LogP contribution in [0.5, 0.6) is 0 Å². The Bertz CT molecular complexity index is 986. The Hall–Kier alpha value is -2.74. The maximum Gasteiger partial charge on any atom is 0.272 e. The van der Waals surface area contributed by atoms with E-state index in [-0.39, 0.29) is 18.6 Å². The van der Waals surface area contributed by atoms with Crippen molar-refractivity contribution in [2.24, 2.45) is 0 Å². The highest BCUT2D eigenvalue weighted by atomic mass is 16.3. The fourth-order valence-corrected chi connectivity index (χ4v) is 3.95. The van der Waals surface area contributed by atoms with E-state index >= 15 is 0 Å². The average molecular weight is 393 g/mol. The predicted molar refractivity (Wildman–Crippen MR) is 112 cm³/mol. The van der Waals surface area contributed by atoms with Gasteiger partial charge in [-0.15, -0.1) is 0 Å². The monoisotopic (exact) mass is 393 g/mol. The normalized spacial score (nSPS) is 18.6. The van der Waals surface area contributed by atoms with Crippen LogP contribution in [0.15, 0.2) is 48.5 Å². The van der Waals surface area contributed by atoms with Crippen LogP contribution >= 0.6 is 0 Å². The average Bonchev–Trinajstić information content (AvgIpc) is 3.08. The molecule has 1 aliphatic heterocycles. The van der Waals surface area contributed by atoms with Crippen LogP contribution in [0.25, 0.3) is 10.9 Å². The van der Waals surface area contributed by atoms with Crippen LogP contribution in [-0.4, -0.2) is 70.3 Å². The number of fused-ring (bicyclic) bond motifs is 1. The number of nitrogens with one attached hydrogen (secondary N) is 2. The number of H-pyrrole nitrogens is 1. The first-order valence-electron chi connectivity index (χ1n) is 9.96. The number of para-hydroxylation sites is 1. The van der Waals surface area contributed by atoms with Gasteiger partial charge in [0.1, 0.15) is 0 Å². The van der Waals surface area contributed by atoms with Gasteiger partial charge in [-0.1, -0.05) is 42.5 Å². The van der Waals surface area contributed by atoms with Crippen molar-refractivity contribution in [1.82, 2.24) is 25.3 Å². The summed E-state index contributed by atoms with van der Waals surface area (Å²) in [6.07, 6.45) is 0. The number of rotatable bonds is 5. The molecule has 7 nitrogen and oxygen atoms in total. The molecule has 4 rings (SSSR count). The molecule has 3 N–H and O–H groups in total. The van der Waals surface area contributed by atoms with Crippen LogP contribution in [0, 0.1) is 0 Å². The first-order chi connectivity index (χ1) is 14.1. The molecule has 0 aliphatic carbocycles. The van der Waals surface area contributed by atoms with Gasteiger partial charge in [-0.05, 0) is 24.2 Å². The number of aliphatic hydroxyl groups excluding tert-OH is 1. The van der Waals surface area contributed by atoms with Gasteiger partial charge < -0.3 is 15.3 Å². The molecule has 2 aromatic carbocycles. The van der Waals surface area contributed by atoms with E-state index in [0.717, 1.165) is 49.2 Å². The van der Waals surface area contributed by atoms with E-state index in [4.69, 9.17) is 0 Å². The van der Waals surface area contributed by atoms with Crippen molar-refractivity contribution < 1.29 is 9.90 Å². The van der Waals surface area contributed by atoms with Crippen molar-refractivity contribution in [3.05, 3.63) is 65.4 Å². The second-order valence-corrected chi connectivity index (χ2v) is 7.76. The van der Waals surface area contributed by atoms with Crippen LogP contribution in [0.2, 0.25) is 0 Å². The van der Waals surface area contributed by atoms with Gasteiger partial charge in [-0.25, -0.2) is 0 Å². The zero-order valence-corrected chi connectivity index (χ0v) is 16.6. The Morgan fingerprint density at radius 2 is 2.00 bits per heavy atom. The van der Waals surface area contributed by atoms with Crippen LogP contribution in [0.4, 0.5) is 0 Å². The third kappa shape index (κ3) is 4.64. The molecular weight excluding hydrogens is 366 g/mol. The number of hydrogen-bond acceptors (Lipinski definition) is 5. The van der Waals surface area contributed by atoms with Crippen LogP contribution in [-0.2, 0) is 13.2 Å². The molecule has 7 heteroatoms. The van der Waals surface area contributed by atoms with Gasteiger partial charge >= 0.3 is 0 Å². The maximum absolute atomic E-state index is 12.9. The lowest BCUT2D eigenvalue weighted by Crippen LogP contribution is -2.46. The fourth-order valence-electron chi connectivity index (χ4n) is 3.95. The van der Waals surface area contributed by atoms with E-state index < -0.39 is 0 Å². The van der Waals surface area contributed by atoms with Crippen molar-refractivity contribution in [2.45, 2.75) is 19.2 Å². The number of carbonyl (C=O) groups excluding carboxylic acids is 1. The number of amides is 1. The number of benzene rings is 2. The molecule has 152 valence electrons. The Morgan fingerprint density at radius 1 is 1.17 bits per heavy atom. The third-order valence-corrected chi connectivity index (χ3v) is 5.41. The minimum absolute atomic E-state index is 0.00601. The molecule has 3 aromatic rings. The van der Waals surface area contributed by atoms with Crippen molar-refractivity contribution >= 4 is 16.8 Å². The van der Waals surface area contributed by atoms with Gasteiger partial charge in [-0.3, -0.25) is 14.8 Å². The SMILES string of the molecule is CN1CCN(Cc2cccc(CO)c2)CC(NC(=O)c2n[nH]c3ccccc23)C1. The summed E-state index contributed by atoms with van der Waals surface area (Å²) in [5, 5.41) is 20.5. The summed E-state index contributed by atoms with van der Waals surface area (Å²) in [6, 6.07) is 15.7. The van der Waals surface area contributed by atoms with E-state index in [2.05, 4.69) is 38.4 Å². The third-order valence-electron chi connectivity index (χ3n) is 5.41. The van der Waals surface area contributed by atoms with E-state index in [0.29, 0.717) is 5.69 Å². The topological polar surface area (TPSA) is 84.5 Å². The number of aromatic amines is 1. The van der Waals surface area contributed by atoms with Crippen molar-refractivity contribution in [3.8, 4) is 0 Å². The minimum atomic E-state index is -0.148. The highest BCUT2D eigenvalue weighted by molar-refractivity contribution is 6.04. The van der Waals surface area contributed by atoms with Gasteiger partial charge in [-0.2, -0.15) is 5.10 Å². The molecule has 0 bridgehead atoms. The molecule has 1 fully saturated rings. The van der Waals surface area contributed by atoms with Crippen molar-refractivity contribution in [1.29, 1.82) is 0 Å². The van der Waals surface area contributed by atoms with Gasteiger partial charge in [0.25, 0.3) is 5.91 Å². The minimum Gasteiger partial charge on any atom is -0.392 e. The number of nitrogens with zero attached hydrogens (tertiary/aromatic N) is 3. The number of likely N-dealkylation sites (N-methyl/N-ethyl adjacent to an activating group) is 1. The van der Waals surface area contributed by atoms with Gasteiger partial charge in [0, 0.05) is 38.1 Å². The van der Waals surface area contributed by atoms with Crippen molar-refractivity contribution in [2.75, 3.05) is 33.2 Å². The van der Waals surface area contributed by atoms with Gasteiger partial charge in [0.15, 0.2) is 5.69 Å². The zero-order chi connectivity index (χ0) is 20.2. The molecule has 0 radical (unpaired) electrons. The molecular formula is C22H27N5O2. The standard InChI is InChI=1S/C22H27N5O2/c1-26-9-10-27(12-16-5-4-6-17(11-16)15-28)14-18(13-26)23-22(29)21-19-7-2-3-8-20(19)24-25-21/h2-8,11,18,28H,9-10,12-15H2,1H3,(H,23,29)(H,24,25). The fraction of sp³-hybridized carbons (Fsp3) is 0.364. The number of carbonyl (C=O) groups is 1. The molecule has 0 saturated carbocycles. The molecule has 1 amide bonds. The highest BCUT2D eigenvalue weighted by Gasteiger charge is 2.24. The molecule has 1 atom stereocenters. The number of aromatic nitrogens is 2. The summed E-state index contributed by atoms with van der Waals surface area (Å²) in [6.45, 7) is 4.27. The van der Waals surface area contributed by atoms with E-state index in [1.54, 1.807) is 0 Å². The van der Waals surface area contributed by atoms with E-state index in [1.165, 1.54) is 5.56 Å². The second kappa shape index (κ2) is 8.73. The first-order valence-corrected chi connectivity index (χ1v) is 9.96. The summed E-state index contributed by atoms with van der Waals surface area (Å²) in [7, 11) is 2.08. The Labute approximate surface area is 170 Å². The Kier molecular flexibility index (Phi) is 5.89. The number of hydrogen-bond donors (Lipinski definition) is 3. The maximum atomic E-state index is 12.9. The lowest BCUT2D eigenvalue weighted by Gasteiger charge is -2.24. The Balaban J connectivity index is 1.46. The summed E-state index contributed by atoms with van der Waals surface area (Å²) < 4.78 is 0. The van der Waals surface area contributed by atoms with Crippen LogP contribution in [0.3, 0.4) is 0 Å². The summed E-state index contributed by atoms with van der Waals surface area (Å²) in [4.78, 5) is 17.5.